The fraction of sp³-hybridized carbons (Fsp3) is 0.192. The molecule has 0 spiro atoms. The molecule has 0 atom stereocenters. The van der Waals surface area contributed by atoms with Gasteiger partial charge in [0, 0.05) is 18.1 Å². The zero-order valence-electron chi connectivity index (χ0n) is 18.2. The predicted molar refractivity (Wildman–Crippen MR) is 123 cm³/mol. The van der Waals surface area contributed by atoms with Crippen LogP contribution in [0.15, 0.2) is 54.7 Å². The van der Waals surface area contributed by atoms with Crippen molar-refractivity contribution in [2.24, 2.45) is 0 Å². The molecule has 0 aliphatic carbocycles. The van der Waals surface area contributed by atoms with Gasteiger partial charge in [0.2, 0.25) is 0 Å². The van der Waals surface area contributed by atoms with E-state index in [0.717, 1.165) is 22.3 Å². The number of hydrogen-bond donors (Lipinski definition) is 1. The maximum Gasteiger partial charge on any atom is 0.354 e. The quantitative estimate of drug-likeness (QED) is 0.441. The Labute approximate surface area is 186 Å². The lowest BCUT2D eigenvalue weighted by molar-refractivity contribution is 0.0691. The minimum Gasteiger partial charge on any atom is -0.489 e. The molecule has 4 aromatic rings. The molecule has 1 N–H and O–H groups in total. The van der Waals surface area contributed by atoms with E-state index in [9.17, 15) is 15.2 Å². The van der Waals surface area contributed by atoms with Gasteiger partial charge in [-0.05, 0) is 60.7 Å². The van der Waals surface area contributed by atoms with Gasteiger partial charge >= 0.3 is 5.97 Å². The van der Waals surface area contributed by atoms with E-state index in [1.165, 1.54) is 0 Å². The van der Waals surface area contributed by atoms with E-state index in [4.69, 9.17) is 4.74 Å². The first-order valence-electron chi connectivity index (χ1n) is 10.4. The molecule has 0 saturated carbocycles. The number of aromatic nitrogens is 2. The summed E-state index contributed by atoms with van der Waals surface area (Å²) in [5.74, 6) is -0.396. The minimum atomic E-state index is -1.11. The Bertz CT molecular complexity index is 1370. The second-order valence-corrected chi connectivity index (χ2v) is 7.65. The van der Waals surface area contributed by atoms with Gasteiger partial charge in [-0.15, -0.1) is 0 Å². The monoisotopic (exact) mass is 425 g/mol. The number of carboxylic acid groups (broad SMARTS) is 1. The third-order valence-corrected chi connectivity index (χ3v) is 5.64. The number of pyridine rings is 1. The maximum atomic E-state index is 11.8. The van der Waals surface area contributed by atoms with Gasteiger partial charge in [-0.1, -0.05) is 36.4 Å². The van der Waals surface area contributed by atoms with Crippen LogP contribution in [0.4, 0.5) is 0 Å². The SMILES string of the molecule is CCn1cc(C#N)c2c(-c3c(C)ccc(OCc4ccccc4)c3C)cc(C(=O)O)nc21. The number of carboxylic acids is 1. The van der Waals surface area contributed by atoms with Crippen LogP contribution in [0.2, 0.25) is 0 Å². The molecule has 0 aliphatic heterocycles. The second-order valence-electron chi connectivity index (χ2n) is 7.65. The third-order valence-electron chi connectivity index (χ3n) is 5.64. The maximum absolute atomic E-state index is 11.8. The number of ether oxygens (including phenoxy) is 1. The minimum absolute atomic E-state index is 0.0563. The van der Waals surface area contributed by atoms with Gasteiger partial charge in [-0.2, -0.15) is 5.26 Å². The van der Waals surface area contributed by atoms with Crippen LogP contribution in [0.3, 0.4) is 0 Å². The van der Waals surface area contributed by atoms with Crippen molar-refractivity contribution in [2.75, 3.05) is 0 Å². The summed E-state index contributed by atoms with van der Waals surface area (Å²) in [4.78, 5) is 16.2. The van der Waals surface area contributed by atoms with E-state index >= 15 is 0 Å². The highest BCUT2D eigenvalue weighted by Crippen LogP contribution is 2.39. The number of fused-ring (bicyclic) bond motifs is 1. The van der Waals surface area contributed by atoms with E-state index in [1.807, 2.05) is 67.8 Å². The van der Waals surface area contributed by atoms with Gasteiger partial charge in [0.25, 0.3) is 0 Å². The summed E-state index contributed by atoms with van der Waals surface area (Å²) in [7, 11) is 0. The highest BCUT2D eigenvalue weighted by Gasteiger charge is 2.22. The average molecular weight is 425 g/mol. The predicted octanol–water partition coefficient (Wildman–Crippen LogP) is 5.49. The van der Waals surface area contributed by atoms with Crippen molar-refractivity contribution in [2.45, 2.75) is 33.9 Å². The molecule has 4 rings (SSSR count). The summed E-state index contributed by atoms with van der Waals surface area (Å²) in [6, 6.07) is 17.6. The summed E-state index contributed by atoms with van der Waals surface area (Å²) < 4.78 is 7.92. The molecule has 0 unspecified atom stereocenters. The molecule has 0 amide bonds. The summed E-state index contributed by atoms with van der Waals surface area (Å²) in [5.41, 5.74) is 5.35. The molecule has 0 fully saturated rings. The van der Waals surface area contributed by atoms with Gasteiger partial charge in [0.15, 0.2) is 5.69 Å². The first kappa shape index (κ1) is 21.1. The number of nitrogens with zero attached hydrogens (tertiary/aromatic N) is 3. The van der Waals surface area contributed by atoms with Crippen molar-refractivity contribution in [3.63, 3.8) is 0 Å². The van der Waals surface area contributed by atoms with E-state index in [2.05, 4.69) is 11.1 Å². The summed E-state index contributed by atoms with van der Waals surface area (Å²) >= 11 is 0. The topological polar surface area (TPSA) is 88.1 Å². The van der Waals surface area contributed by atoms with Crippen molar-refractivity contribution in [3.05, 3.63) is 82.7 Å². The molecule has 2 heterocycles. The Morgan fingerprint density at radius 2 is 1.94 bits per heavy atom. The normalized spacial score (nSPS) is 10.8. The molecule has 6 nitrogen and oxygen atoms in total. The first-order valence-corrected chi connectivity index (χ1v) is 10.4. The third kappa shape index (κ3) is 3.69. The lowest BCUT2D eigenvalue weighted by atomic mass is 9.92. The number of aryl methyl sites for hydroxylation is 2. The second kappa shape index (κ2) is 8.56. The molecule has 0 saturated heterocycles. The Kier molecular flexibility index (Phi) is 5.65. The zero-order chi connectivity index (χ0) is 22.8. The molecule has 6 heteroatoms. The van der Waals surface area contributed by atoms with Crippen LogP contribution < -0.4 is 4.74 Å². The fourth-order valence-corrected chi connectivity index (χ4v) is 4.05. The highest BCUT2D eigenvalue weighted by atomic mass is 16.5. The molecule has 2 aromatic heterocycles. The fourth-order valence-electron chi connectivity index (χ4n) is 4.05. The molecular weight excluding hydrogens is 402 g/mol. The van der Waals surface area contributed by atoms with E-state index < -0.39 is 5.97 Å². The number of hydrogen-bond acceptors (Lipinski definition) is 4. The zero-order valence-corrected chi connectivity index (χ0v) is 18.2. The van der Waals surface area contributed by atoms with Gasteiger partial charge in [-0.3, -0.25) is 0 Å². The van der Waals surface area contributed by atoms with Crippen molar-refractivity contribution in [3.8, 4) is 22.9 Å². The summed E-state index contributed by atoms with van der Waals surface area (Å²) in [6.07, 6.45) is 1.73. The number of rotatable bonds is 6. The lowest BCUT2D eigenvalue weighted by Crippen LogP contribution is -2.05. The van der Waals surface area contributed by atoms with E-state index in [0.29, 0.717) is 41.1 Å². The molecule has 0 bridgehead atoms. The van der Waals surface area contributed by atoms with Crippen molar-refractivity contribution in [1.29, 1.82) is 5.26 Å². The van der Waals surface area contributed by atoms with Crippen LogP contribution in [0.1, 0.15) is 39.7 Å². The summed E-state index contributed by atoms with van der Waals surface area (Å²) in [5, 5.41) is 20.1. The van der Waals surface area contributed by atoms with Crippen LogP contribution in [0.5, 0.6) is 5.75 Å². The molecule has 160 valence electrons. The van der Waals surface area contributed by atoms with Crippen molar-refractivity contribution < 1.29 is 14.6 Å². The highest BCUT2D eigenvalue weighted by molar-refractivity contribution is 6.02. The number of aromatic carboxylic acids is 1. The Morgan fingerprint density at radius 1 is 1.19 bits per heavy atom. The first-order chi connectivity index (χ1) is 15.4. The number of benzene rings is 2. The Balaban J connectivity index is 1.92. The van der Waals surface area contributed by atoms with Crippen LogP contribution >= 0.6 is 0 Å². The van der Waals surface area contributed by atoms with Crippen molar-refractivity contribution >= 4 is 17.0 Å². The van der Waals surface area contributed by atoms with E-state index in [1.54, 1.807) is 12.3 Å². The van der Waals surface area contributed by atoms with Crippen LogP contribution in [-0.2, 0) is 13.2 Å². The largest absolute Gasteiger partial charge is 0.489 e. The molecule has 32 heavy (non-hydrogen) atoms. The van der Waals surface area contributed by atoms with E-state index in [-0.39, 0.29) is 5.69 Å². The standard InChI is InChI=1S/C26H23N3O3/c1-4-29-14-19(13-27)24-20(12-21(26(30)31)28-25(24)29)23-16(2)10-11-22(17(23)3)32-15-18-8-6-5-7-9-18/h5-12,14H,4,15H2,1-3H3,(H,30,31). The number of carbonyl (C=O) groups is 1. The van der Waals surface area contributed by atoms with Crippen molar-refractivity contribution in [1.82, 2.24) is 9.55 Å². The summed E-state index contributed by atoms with van der Waals surface area (Å²) in [6.45, 7) is 6.86. The van der Waals surface area contributed by atoms with Crippen LogP contribution in [0.25, 0.3) is 22.2 Å². The molecule has 0 radical (unpaired) electrons. The molecule has 0 aliphatic rings. The molecule has 2 aromatic carbocycles. The smallest absolute Gasteiger partial charge is 0.354 e. The van der Waals surface area contributed by atoms with Gasteiger partial charge in [0.05, 0.1) is 5.56 Å². The van der Waals surface area contributed by atoms with Crippen LogP contribution in [-0.4, -0.2) is 20.6 Å². The molecular formula is C26H23N3O3. The Hall–Kier alpha value is -4.11. The van der Waals surface area contributed by atoms with Crippen LogP contribution in [0, 0.1) is 25.2 Å². The van der Waals surface area contributed by atoms with Gasteiger partial charge in [-0.25, -0.2) is 9.78 Å². The van der Waals surface area contributed by atoms with Gasteiger partial charge in [0.1, 0.15) is 24.1 Å². The lowest BCUT2D eigenvalue weighted by Gasteiger charge is -2.17. The average Bonchev–Trinajstić information content (AvgIpc) is 3.17. The Morgan fingerprint density at radius 3 is 2.59 bits per heavy atom. The van der Waals surface area contributed by atoms with Gasteiger partial charge < -0.3 is 14.4 Å². The number of nitriles is 1.